The van der Waals surface area contributed by atoms with E-state index in [2.05, 4.69) is 32.3 Å². The van der Waals surface area contributed by atoms with Gasteiger partial charge in [-0.25, -0.2) is 0 Å². The molecule has 1 aliphatic heterocycles. The first-order chi connectivity index (χ1) is 9.63. The molecule has 1 atom stereocenters. The van der Waals surface area contributed by atoms with E-state index in [1.54, 1.807) is 19.3 Å². The summed E-state index contributed by atoms with van der Waals surface area (Å²) < 4.78 is 1.53. The van der Waals surface area contributed by atoms with Crippen LogP contribution < -0.4 is 15.8 Å². The number of aryl methyl sites for hydroxylation is 1. The van der Waals surface area contributed by atoms with Crippen LogP contribution in [-0.4, -0.2) is 45.4 Å². The van der Waals surface area contributed by atoms with Crippen LogP contribution in [-0.2, 0) is 7.05 Å². The summed E-state index contributed by atoms with van der Waals surface area (Å²) in [6.45, 7) is 4.84. The van der Waals surface area contributed by atoms with Gasteiger partial charge in [-0.3, -0.25) is 9.89 Å². The zero-order chi connectivity index (χ0) is 14.1. The number of aromatic nitrogens is 4. The van der Waals surface area contributed by atoms with Gasteiger partial charge in [0.25, 0.3) is 5.56 Å². The van der Waals surface area contributed by atoms with Gasteiger partial charge in [0.15, 0.2) is 5.82 Å². The van der Waals surface area contributed by atoms with Gasteiger partial charge < -0.3 is 14.8 Å². The predicted molar refractivity (Wildman–Crippen MR) is 76.7 cm³/mol. The van der Waals surface area contributed by atoms with Gasteiger partial charge in [-0.2, -0.15) is 4.98 Å². The minimum absolute atomic E-state index is 0.0590. The van der Waals surface area contributed by atoms with E-state index in [4.69, 9.17) is 0 Å². The monoisotopic (exact) mass is 274 g/mol. The van der Waals surface area contributed by atoms with Crippen molar-refractivity contribution in [3.63, 3.8) is 0 Å². The van der Waals surface area contributed by atoms with E-state index in [1.807, 2.05) is 6.07 Å². The number of H-pyrrole nitrogens is 1. The molecule has 0 unspecified atom stereocenters. The van der Waals surface area contributed by atoms with Crippen LogP contribution in [0.2, 0.25) is 0 Å². The molecule has 0 aliphatic carbocycles. The molecule has 2 aromatic heterocycles. The lowest BCUT2D eigenvalue weighted by Crippen LogP contribution is -2.49. The summed E-state index contributed by atoms with van der Waals surface area (Å²) in [6, 6.07) is 3.84. The van der Waals surface area contributed by atoms with Gasteiger partial charge in [0.1, 0.15) is 0 Å². The van der Waals surface area contributed by atoms with E-state index < -0.39 is 0 Å². The van der Waals surface area contributed by atoms with Crippen LogP contribution in [0.25, 0.3) is 11.4 Å². The van der Waals surface area contributed by atoms with Gasteiger partial charge >= 0.3 is 0 Å². The van der Waals surface area contributed by atoms with Gasteiger partial charge in [0, 0.05) is 50.6 Å². The van der Waals surface area contributed by atoms with Gasteiger partial charge in [-0.1, -0.05) is 0 Å². The number of piperazine rings is 1. The standard InChI is InChI=1S/C13H18N6O/c1-9-8-19(6-4-14-9)13-15-12(16-17-13)10-3-5-18(2)11(20)7-10/h3,5,7,9,14H,4,6,8H2,1-2H3,(H,15,16,17)/t9-/m0/s1. The number of aromatic amines is 1. The van der Waals surface area contributed by atoms with Crippen molar-refractivity contribution < 1.29 is 0 Å². The molecule has 3 rings (SSSR count). The van der Waals surface area contributed by atoms with Crippen LogP contribution in [0, 0.1) is 0 Å². The Bertz CT molecular complexity index is 661. The van der Waals surface area contributed by atoms with Gasteiger partial charge in [0.2, 0.25) is 5.95 Å². The summed E-state index contributed by atoms with van der Waals surface area (Å²) in [6.07, 6.45) is 1.73. The van der Waals surface area contributed by atoms with Crippen molar-refractivity contribution in [3.05, 3.63) is 28.7 Å². The van der Waals surface area contributed by atoms with E-state index >= 15 is 0 Å². The zero-order valence-electron chi connectivity index (χ0n) is 11.6. The fraction of sp³-hybridized carbons (Fsp3) is 0.462. The molecule has 106 valence electrons. The summed E-state index contributed by atoms with van der Waals surface area (Å²) in [5, 5.41) is 10.5. The van der Waals surface area contributed by atoms with E-state index in [-0.39, 0.29) is 5.56 Å². The third-order valence-corrected chi connectivity index (χ3v) is 3.50. The fourth-order valence-corrected chi connectivity index (χ4v) is 2.33. The highest BCUT2D eigenvalue weighted by molar-refractivity contribution is 5.55. The first kappa shape index (κ1) is 12.9. The third-order valence-electron chi connectivity index (χ3n) is 3.50. The van der Waals surface area contributed by atoms with Crippen LogP contribution >= 0.6 is 0 Å². The zero-order valence-corrected chi connectivity index (χ0v) is 11.6. The Morgan fingerprint density at radius 3 is 3.05 bits per heavy atom. The smallest absolute Gasteiger partial charge is 0.250 e. The Kier molecular flexibility index (Phi) is 3.27. The molecule has 0 bridgehead atoms. The highest BCUT2D eigenvalue weighted by Gasteiger charge is 2.19. The summed E-state index contributed by atoms with van der Waals surface area (Å²) >= 11 is 0. The lowest BCUT2D eigenvalue weighted by atomic mass is 10.2. The Labute approximate surface area is 116 Å². The molecule has 7 nitrogen and oxygen atoms in total. The average Bonchev–Trinajstić information content (AvgIpc) is 2.92. The minimum atomic E-state index is -0.0590. The normalized spacial score (nSPS) is 19.3. The van der Waals surface area contributed by atoms with E-state index in [1.165, 1.54) is 4.57 Å². The molecule has 2 N–H and O–H groups in total. The molecule has 0 amide bonds. The second kappa shape index (κ2) is 5.09. The van der Waals surface area contributed by atoms with Crippen molar-refractivity contribution in [2.24, 2.45) is 7.05 Å². The Balaban J connectivity index is 1.86. The quantitative estimate of drug-likeness (QED) is 0.804. The molecule has 0 spiro atoms. The Hall–Kier alpha value is -2.15. The SMILES string of the molecule is C[C@H]1CN(c2n[nH]c(-c3ccn(C)c(=O)c3)n2)CCN1. The molecule has 1 aliphatic rings. The average molecular weight is 274 g/mol. The molecule has 20 heavy (non-hydrogen) atoms. The first-order valence-electron chi connectivity index (χ1n) is 6.71. The number of hydrogen-bond acceptors (Lipinski definition) is 5. The van der Waals surface area contributed by atoms with E-state index in [0.717, 1.165) is 25.2 Å². The van der Waals surface area contributed by atoms with Crippen molar-refractivity contribution in [3.8, 4) is 11.4 Å². The van der Waals surface area contributed by atoms with E-state index in [0.29, 0.717) is 17.8 Å². The number of anilines is 1. The van der Waals surface area contributed by atoms with Crippen LogP contribution in [0.4, 0.5) is 5.95 Å². The maximum Gasteiger partial charge on any atom is 0.250 e. The topological polar surface area (TPSA) is 78.8 Å². The molecule has 3 heterocycles. The van der Waals surface area contributed by atoms with Crippen LogP contribution in [0.5, 0.6) is 0 Å². The maximum absolute atomic E-state index is 11.6. The number of rotatable bonds is 2. The van der Waals surface area contributed by atoms with Crippen molar-refractivity contribution in [1.29, 1.82) is 0 Å². The van der Waals surface area contributed by atoms with Crippen LogP contribution in [0.3, 0.4) is 0 Å². The molecule has 0 radical (unpaired) electrons. The molecule has 0 aromatic carbocycles. The molecular weight excluding hydrogens is 256 g/mol. The van der Waals surface area contributed by atoms with Crippen molar-refractivity contribution in [2.75, 3.05) is 24.5 Å². The Morgan fingerprint density at radius 1 is 1.45 bits per heavy atom. The molecule has 0 saturated carbocycles. The molecular formula is C13H18N6O. The summed E-state index contributed by atoms with van der Waals surface area (Å²) in [4.78, 5) is 18.3. The number of pyridine rings is 1. The lowest BCUT2D eigenvalue weighted by molar-refractivity contribution is 0.480. The lowest BCUT2D eigenvalue weighted by Gasteiger charge is -2.30. The van der Waals surface area contributed by atoms with Gasteiger partial charge in [-0.15, -0.1) is 5.10 Å². The van der Waals surface area contributed by atoms with Gasteiger partial charge in [0.05, 0.1) is 0 Å². The van der Waals surface area contributed by atoms with Crippen LogP contribution in [0.15, 0.2) is 23.1 Å². The second-order valence-corrected chi connectivity index (χ2v) is 5.15. The van der Waals surface area contributed by atoms with Crippen molar-refractivity contribution in [2.45, 2.75) is 13.0 Å². The molecule has 1 fully saturated rings. The highest BCUT2D eigenvalue weighted by atomic mass is 16.1. The number of nitrogens with one attached hydrogen (secondary N) is 2. The fourth-order valence-electron chi connectivity index (χ4n) is 2.33. The number of hydrogen-bond donors (Lipinski definition) is 2. The molecule has 2 aromatic rings. The van der Waals surface area contributed by atoms with Crippen molar-refractivity contribution in [1.82, 2.24) is 25.1 Å². The molecule has 7 heteroatoms. The minimum Gasteiger partial charge on any atom is -0.337 e. The largest absolute Gasteiger partial charge is 0.337 e. The second-order valence-electron chi connectivity index (χ2n) is 5.15. The Morgan fingerprint density at radius 2 is 2.30 bits per heavy atom. The summed E-state index contributed by atoms with van der Waals surface area (Å²) in [7, 11) is 1.72. The summed E-state index contributed by atoms with van der Waals surface area (Å²) in [5.41, 5.74) is 0.700. The summed E-state index contributed by atoms with van der Waals surface area (Å²) in [5.74, 6) is 1.32. The van der Waals surface area contributed by atoms with Crippen LogP contribution in [0.1, 0.15) is 6.92 Å². The third kappa shape index (κ3) is 2.44. The molecule has 1 saturated heterocycles. The highest BCUT2D eigenvalue weighted by Crippen LogP contribution is 2.16. The van der Waals surface area contributed by atoms with E-state index in [9.17, 15) is 4.79 Å². The van der Waals surface area contributed by atoms with Crippen molar-refractivity contribution >= 4 is 5.95 Å². The van der Waals surface area contributed by atoms with Gasteiger partial charge in [-0.05, 0) is 13.0 Å². The first-order valence-corrected chi connectivity index (χ1v) is 6.71. The predicted octanol–water partition coefficient (Wildman–Crippen LogP) is -0.0315. The number of nitrogens with zero attached hydrogens (tertiary/aromatic N) is 4. The maximum atomic E-state index is 11.6.